The van der Waals surface area contributed by atoms with E-state index in [2.05, 4.69) is 15.3 Å². The predicted octanol–water partition coefficient (Wildman–Crippen LogP) is 4.65. The highest BCUT2D eigenvalue weighted by Crippen LogP contribution is 2.32. The summed E-state index contributed by atoms with van der Waals surface area (Å²) in [6.45, 7) is 2.86. The molecule has 38 heavy (non-hydrogen) atoms. The van der Waals surface area contributed by atoms with Crippen LogP contribution in [0.1, 0.15) is 17.2 Å². The molecule has 0 aliphatic carbocycles. The van der Waals surface area contributed by atoms with Crippen LogP contribution in [0.2, 0.25) is 0 Å². The van der Waals surface area contributed by atoms with Crippen molar-refractivity contribution < 1.29 is 12.8 Å². The third kappa shape index (κ3) is 5.16. The fourth-order valence-corrected chi connectivity index (χ4v) is 6.13. The van der Waals surface area contributed by atoms with Crippen LogP contribution in [0.25, 0.3) is 11.3 Å². The Morgan fingerprint density at radius 1 is 1.05 bits per heavy atom. The fraction of sp³-hybridized carbons (Fsp3) is 0.179. The number of rotatable bonds is 5. The molecule has 1 aromatic heterocycles. The Balaban J connectivity index is 1.45. The number of aliphatic imine (C=N–C) groups is 1. The van der Waals surface area contributed by atoms with Gasteiger partial charge in [0, 0.05) is 30.9 Å². The van der Waals surface area contributed by atoms with E-state index in [0.717, 1.165) is 22.4 Å². The SMILES string of the molecule is Cc1ccccc1N/C(=N\C#N)N1CCN(S(=O)(=O)c2ccc(-c3cnco3)cc2)C(c2ccccc2)C1. The van der Waals surface area contributed by atoms with Crippen molar-refractivity contribution in [1.82, 2.24) is 14.2 Å². The molecule has 0 spiro atoms. The van der Waals surface area contributed by atoms with Crippen molar-refractivity contribution in [2.24, 2.45) is 4.99 Å². The molecule has 9 nitrogen and oxygen atoms in total. The number of para-hydroxylation sites is 1. The van der Waals surface area contributed by atoms with Crippen LogP contribution in [-0.4, -0.2) is 48.2 Å². The highest BCUT2D eigenvalue weighted by molar-refractivity contribution is 7.89. The van der Waals surface area contributed by atoms with E-state index in [1.54, 1.807) is 30.5 Å². The third-order valence-corrected chi connectivity index (χ3v) is 8.46. The molecular weight excluding hydrogens is 500 g/mol. The highest BCUT2D eigenvalue weighted by atomic mass is 32.2. The van der Waals surface area contributed by atoms with Crippen molar-refractivity contribution in [3.63, 3.8) is 0 Å². The summed E-state index contributed by atoms with van der Waals surface area (Å²) in [6.07, 6.45) is 4.80. The van der Waals surface area contributed by atoms with Gasteiger partial charge in [-0.25, -0.2) is 13.4 Å². The summed E-state index contributed by atoms with van der Waals surface area (Å²) in [5, 5.41) is 12.7. The lowest BCUT2D eigenvalue weighted by molar-refractivity contribution is 0.194. The number of nitrogens with one attached hydrogen (secondary N) is 1. The molecule has 1 unspecified atom stereocenters. The molecule has 0 saturated carbocycles. The molecule has 1 N–H and O–H groups in total. The maximum absolute atomic E-state index is 13.9. The van der Waals surface area contributed by atoms with Crippen molar-refractivity contribution in [2.75, 3.05) is 25.0 Å². The van der Waals surface area contributed by atoms with E-state index in [4.69, 9.17) is 4.42 Å². The Morgan fingerprint density at radius 3 is 2.47 bits per heavy atom. The summed E-state index contributed by atoms with van der Waals surface area (Å²) >= 11 is 0. The van der Waals surface area contributed by atoms with E-state index in [1.807, 2.05) is 72.6 Å². The van der Waals surface area contributed by atoms with Crippen LogP contribution in [0.15, 0.2) is 106 Å². The predicted molar refractivity (Wildman–Crippen MR) is 144 cm³/mol. The molecule has 1 fully saturated rings. The number of aromatic nitrogens is 1. The summed E-state index contributed by atoms with van der Waals surface area (Å²) in [7, 11) is -3.84. The first-order chi connectivity index (χ1) is 18.5. The van der Waals surface area contributed by atoms with Gasteiger partial charge in [-0.15, -0.1) is 4.99 Å². The normalized spacial score (nSPS) is 16.7. The zero-order valence-corrected chi connectivity index (χ0v) is 21.5. The van der Waals surface area contributed by atoms with Gasteiger partial charge in [0.2, 0.25) is 22.2 Å². The van der Waals surface area contributed by atoms with E-state index < -0.39 is 16.1 Å². The minimum atomic E-state index is -3.84. The average molecular weight is 527 g/mol. The van der Waals surface area contributed by atoms with Gasteiger partial charge in [0.25, 0.3) is 0 Å². The van der Waals surface area contributed by atoms with Crippen LogP contribution in [0.5, 0.6) is 0 Å². The smallest absolute Gasteiger partial charge is 0.243 e. The lowest BCUT2D eigenvalue weighted by atomic mass is 10.0. The van der Waals surface area contributed by atoms with E-state index in [-0.39, 0.29) is 11.4 Å². The van der Waals surface area contributed by atoms with Gasteiger partial charge in [-0.05, 0) is 48.4 Å². The van der Waals surface area contributed by atoms with E-state index >= 15 is 0 Å². The Kier molecular flexibility index (Phi) is 7.22. The Labute approximate surface area is 221 Å². The van der Waals surface area contributed by atoms with Crippen LogP contribution in [-0.2, 0) is 10.0 Å². The first kappa shape index (κ1) is 25.2. The van der Waals surface area contributed by atoms with Gasteiger partial charge in [-0.3, -0.25) is 0 Å². The van der Waals surface area contributed by atoms with Crippen LogP contribution in [0.4, 0.5) is 5.69 Å². The van der Waals surface area contributed by atoms with Crippen LogP contribution in [0.3, 0.4) is 0 Å². The molecular formula is C28H26N6O3S. The molecule has 1 atom stereocenters. The second-order valence-electron chi connectivity index (χ2n) is 8.85. The van der Waals surface area contributed by atoms with Gasteiger partial charge in [0.15, 0.2) is 12.2 Å². The second kappa shape index (κ2) is 10.9. The Hall–Kier alpha value is -4.46. The number of hydrogen-bond acceptors (Lipinski definition) is 6. The minimum Gasteiger partial charge on any atom is -0.444 e. The lowest BCUT2D eigenvalue weighted by Gasteiger charge is -2.41. The van der Waals surface area contributed by atoms with Crippen molar-refractivity contribution in [2.45, 2.75) is 17.9 Å². The Bertz CT molecular complexity index is 1560. The summed E-state index contributed by atoms with van der Waals surface area (Å²) in [4.78, 5) is 10.1. The van der Waals surface area contributed by atoms with Crippen LogP contribution in [0, 0.1) is 18.4 Å². The quantitative estimate of drug-likeness (QED) is 0.229. The van der Waals surface area contributed by atoms with Gasteiger partial charge in [0.05, 0.1) is 17.1 Å². The molecule has 5 rings (SSSR count). The number of oxazole rings is 1. The van der Waals surface area contributed by atoms with Crippen molar-refractivity contribution >= 4 is 21.7 Å². The van der Waals surface area contributed by atoms with Crippen molar-refractivity contribution in [3.8, 4) is 17.5 Å². The van der Waals surface area contributed by atoms with Gasteiger partial charge in [-0.2, -0.15) is 9.57 Å². The van der Waals surface area contributed by atoms with Gasteiger partial charge in [0.1, 0.15) is 0 Å². The largest absolute Gasteiger partial charge is 0.444 e. The summed E-state index contributed by atoms with van der Waals surface area (Å²) in [5.74, 6) is 0.950. The summed E-state index contributed by atoms with van der Waals surface area (Å²) in [6, 6.07) is 23.3. The summed E-state index contributed by atoms with van der Waals surface area (Å²) in [5.41, 5.74) is 3.43. The van der Waals surface area contributed by atoms with Crippen molar-refractivity contribution in [3.05, 3.63) is 103 Å². The molecule has 0 bridgehead atoms. The average Bonchev–Trinajstić information content (AvgIpc) is 3.49. The Morgan fingerprint density at radius 2 is 1.79 bits per heavy atom. The number of hydrogen-bond donors (Lipinski definition) is 1. The molecule has 1 aliphatic rings. The molecule has 0 radical (unpaired) electrons. The maximum Gasteiger partial charge on any atom is 0.243 e. The van der Waals surface area contributed by atoms with E-state index in [9.17, 15) is 13.7 Å². The second-order valence-corrected chi connectivity index (χ2v) is 10.7. The van der Waals surface area contributed by atoms with Gasteiger partial charge >= 0.3 is 0 Å². The fourth-order valence-electron chi connectivity index (χ4n) is 4.54. The first-order valence-corrected chi connectivity index (χ1v) is 13.5. The number of nitriles is 1. The molecule has 3 aromatic carbocycles. The third-order valence-electron chi connectivity index (χ3n) is 6.54. The van der Waals surface area contributed by atoms with E-state index in [0.29, 0.717) is 24.8 Å². The first-order valence-electron chi connectivity index (χ1n) is 12.1. The monoisotopic (exact) mass is 526 g/mol. The number of aryl methyl sites for hydroxylation is 1. The molecule has 10 heteroatoms. The number of sulfonamides is 1. The van der Waals surface area contributed by atoms with E-state index in [1.165, 1.54) is 10.7 Å². The zero-order chi connectivity index (χ0) is 26.5. The number of anilines is 1. The lowest BCUT2D eigenvalue weighted by Crippen LogP contribution is -2.53. The maximum atomic E-state index is 13.9. The summed E-state index contributed by atoms with van der Waals surface area (Å²) < 4.78 is 34.6. The molecule has 2 heterocycles. The number of piperazine rings is 1. The van der Waals surface area contributed by atoms with Gasteiger partial charge in [-0.1, -0.05) is 48.5 Å². The minimum absolute atomic E-state index is 0.194. The zero-order valence-electron chi connectivity index (χ0n) is 20.7. The topological polar surface area (TPSA) is 115 Å². The molecule has 1 saturated heterocycles. The molecule has 0 amide bonds. The standard InChI is InChI=1S/C28H26N6O3S/c1-21-7-5-6-10-25(21)32-28(31-19-29)33-15-16-34(26(18-33)22-8-3-2-4-9-22)38(35,36)24-13-11-23(12-14-24)27-17-30-20-37-27/h2-14,17,20,26H,15-16,18H2,1H3,(H,31,32). The number of benzene rings is 3. The number of guanidine groups is 1. The van der Waals surface area contributed by atoms with Crippen molar-refractivity contribution in [1.29, 1.82) is 5.26 Å². The molecule has 4 aromatic rings. The van der Waals surface area contributed by atoms with Crippen LogP contribution < -0.4 is 5.32 Å². The highest BCUT2D eigenvalue weighted by Gasteiger charge is 2.38. The molecule has 192 valence electrons. The van der Waals surface area contributed by atoms with Gasteiger partial charge < -0.3 is 14.6 Å². The molecule has 1 aliphatic heterocycles. The van der Waals surface area contributed by atoms with Crippen LogP contribution >= 0.6 is 0 Å². The number of nitrogens with zero attached hydrogens (tertiary/aromatic N) is 5.